The van der Waals surface area contributed by atoms with Crippen LogP contribution in [0, 0.1) is 5.92 Å². The summed E-state index contributed by atoms with van der Waals surface area (Å²) in [6, 6.07) is 5.52. The molecular weight excluding hydrogens is 255 g/mol. The van der Waals surface area contributed by atoms with E-state index in [0.717, 1.165) is 17.5 Å². The Hall–Kier alpha value is -1.52. The molecule has 1 fully saturated rings. The van der Waals surface area contributed by atoms with E-state index in [0.29, 0.717) is 18.5 Å². The van der Waals surface area contributed by atoms with Crippen molar-refractivity contribution in [1.82, 2.24) is 0 Å². The fourth-order valence-corrected chi connectivity index (χ4v) is 3.59. The van der Waals surface area contributed by atoms with E-state index in [9.17, 15) is 18.0 Å². The predicted octanol–water partition coefficient (Wildman–Crippen LogP) is 3.38. The van der Waals surface area contributed by atoms with Crippen LogP contribution in [0.15, 0.2) is 18.2 Å². The number of fused-ring (bicyclic) bond motifs is 5. The van der Waals surface area contributed by atoms with Crippen molar-refractivity contribution in [3.63, 3.8) is 0 Å². The van der Waals surface area contributed by atoms with Gasteiger partial charge in [0, 0.05) is 11.6 Å². The molecule has 3 atom stereocenters. The van der Waals surface area contributed by atoms with Gasteiger partial charge in [0.25, 0.3) is 0 Å². The lowest BCUT2D eigenvalue weighted by Crippen LogP contribution is -2.33. The highest BCUT2D eigenvalue weighted by atomic mass is 19.4. The van der Waals surface area contributed by atoms with Crippen molar-refractivity contribution < 1.29 is 18.0 Å². The van der Waals surface area contributed by atoms with Gasteiger partial charge in [0.05, 0.1) is 0 Å². The smallest absolute Gasteiger partial charge is 0.399 e. The molecule has 1 aromatic rings. The van der Waals surface area contributed by atoms with Gasteiger partial charge in [0.1, 0.15) is 0 Å². The summed E-state index contributed by atoms with van der Waals surface area (Å²) in [6.07, 6.45) is -3.26. The molecule has 3 rings (SSSR count). The van der Waals surface area contributed by atoms with Gasteiger partial charge in [0.15, 0.2) is 0 Å². The summed E-state index contributed by atoms with van der Waals surface area (Å²) in [5.41, 5.74) is 8.48. The van der Waals surface area contributed by atoms with Crippen LogP contribution in [0.25, 0.3) is 0 Å². The van der Waals surface area contributed by atoms with E-state index in [-0.39, 0.29) is 11.8 Å². The molecule has 2 aliphatic carbocycles. The highest BCUT2D eigenvalue weighted by Crippen LogP contribution is 2.53. The molecule has 3 unspecified atom stereocenters. The average Bonchev–Trinajstić information content (AvgIpc) is 2.59. The molecule has 2 aliphatic rings. The molecular formula is C14H14F3NO. The normalized spacial score (nSPS) is 29.1. The molecule has 0 aromatic heterocycles. The van der Waals surface area contributed by atoms with E-state index in [1.807, 2.05) is 12.1 Å². The topological polar surface area (TPSA) is 43.1 Å². The van der Waals surface area contributed by atoms with Crippen molar-refractivity contribution in [3.8, 4) is 0 Å². The first kappa shape index (κ1) is 12.5. The molecule has 19 heavy (non-hydrogen) atoms. The van der Waals surface area contributed by atoms with E-state index in [1.165, 1.54) is 0 Å². The van der Waals surface area contributed by atoms with Gasteiger partial charge in [-0.1, -0.05) is 6.07 Å². The molecule has 0 aliphatic heterocycles. The zero-order valence-corrected chi connectivity index (χ0v) is 10.2. The lowest BCUT2D eigenvalue weighted by atomic mass is 9.77. The molecule has 2 nitrogen and oxygen atoms in total. The Morgan fingerprint density at radius 2 is 1.74 bits per heavy atom. The van der Waals surface area contributed by atoms with Crippen LogP contribution in [0.1, 0.15) is 42.2 Å². The van der Waals surface area contributed by atoms with Gasteiger partial charge in [-0.3, -0.25) is 4.79 Å². The zero-order valence-electron chi connectivity index (χ0n) is 10.2. The van der Waals surface area contributed by atoms with Gasteiger partial charge >= 0.3 is 6.18 Å². The van der Waals surface area contributed by atoms with Crippen molar-refractivity contribution in [2.45, 2.75) is 37.3 Å². The van der Waals surface area contributed by atoms with Crippen molar-refractivity contribution in [3.05, 3.63) is 29.3 Å². The Bertz CT molecular complexity index is 538. The fraction of sp³-hybridized carbons (Fsp3) is 0.500. The summed E-state index contributed by atoms with van der Waals surface area (Å²) in [7, 11) is 0. The third-order valence-electron chi connectivity index (χ3n) is 4.35. The first-order valence-electron chi connectivity index (χ1n) is 6.36. The van der Waals surface area contributed by atoms with Gasteiger partial charge in [-0.25, -0.2) is 0 Å². The SMILES string of the molecule is Nc1ccc2c(c1)C1CC(C(=O)C(F)(F)F)CC2C1. The number of carbonyl (C=O) groups is 1. The van der Waals surface area contributed by atoms with Gasteiger partial charge in [-0.05, 0) is 54.4 Å². The fourth-order valence-electron chi connectivity index (χ4n) is 3.59. The van der Waals surface area contributed by atoms with Crippen molar-refractivity contribution in [2.75, 3.05) is 5.73 Å². The second kappa shape index (κ2) is 3.99. The molecule has 0 radical (unpaired) electrons. The molecule has 0 saturated heterocycles. The number of hydrogen-bond acceptors (Lipinski definition) is 2. The van der Waals surface area contributed by atoms with Crippen LogP contribution in [0.2, 0.25) is 0 Å². The number of rotatable bonds is 1. The summed E-state index contributed by atoms with van der Waals surface area (Å²) in [5, 5.41) is 0. The van der Waals surface area contributed by atoms with E-state index >= 15 is 0 Å². The summed E-state index contributed by atoms with van der Waals surface area (Å²) >= 11 is 0. The first-order valence-corrected chi connectivity index (χ1v) is 6.36. The van der Waals surface area contributed by atoms with Gasteiger partial charge in [-0.2, -0.15) is 13.2 Å². The Morgan fingerprint density at radius 3 is 2.37 bits per heavy atom. The first-order chi connectivity index (χ1) is 8.86. The molecule has 1 aromatic carbocycles. The maximum atomic E-state index is 12.5. The molecule has 1 saturated carbocycles. The summed E-state index contributed by atoms with van der Waals surface area (Å²) in [5.74, 6) is -2.33. The number of nitrogens with two attached hydrogens (primary N) is 1. The molecule has 2 N–H and O–H groups in total. The van der Waals surface area contributed by atoms with Gasteiger partial charge in [0.2, 0.25) is 5.78 Å². The maximum Gasteiger partial charge on any atom is 0.450 e. The Morgan fingerprint density at radius 1 is 1.11 bits per heavy atom. The molecule has 0 amide bonds. The quantitative estimate of drug-likeness (QED) is 0.794. The number of anilines is 1. The largest absolute Gasteiger partial charge is 0.450 e. The van der Waals surface area contributed by atoms with E-state index < -0.39 is 17.9 Å². The van der Waals surface area contributed by atoms with Crippen LogP contribution >= 0.6 is 0 Å². The number of halogens is 3. The summed E-state index contributed by atoms with van der Waals surface area (Å²) in [4.78, 5) is 11.4. The standard InChI is InChI=1S/C14H14F3NO/c15-14(16,17)13(19)9-4-7-3-8(5-9)12-6-10(18)1-2-11(7)12/h1-2,6-9H,3-5,18H2. The number of hydrogen-bond donors (Lipinski definition) is 1. The molecule has 102 valence electrons. The second-order valence-electron chi connectivity index (χ2n) is 5.55. The lowest BCUT2D eigenvalue weighted by Gasteiger charge is -2.27. The molecule has 5 heteroatoms. The third kappa shape index (κ3) is 2.01. The molecule has 2 bridgehead atoms. The van der Waals surface area contributed by atoms with Crippen LogP contribution in [0.5, 0.6) is 0 Å². The van der Waals surface area contributed by atoms with E-state index in [4.69, 9.17) is 5.73 Å². The van der Waals surface area contributed by atoms with Crippen LogP contribution in [0.3, 0.4) is 0 Å². The van der Waals surface area contributed by atoms with Crippen molar-refractivity contribution >= 4 is 11.5 Å². The Labute approximate surface area is 108 Å². The van der Waals surface area contributed by atoms with Crippen molar-refractivity contribution in [2.24, 2.45) is 5.92 Å². The van der Waals surface area contributed by atoms with Crippen LogP contribution in [-0.2, 0) is 4.79 Å². The molecule has 0 heterocycles. The number of nitrogen functional groups attached to an aromatic ring is 1. The summed E-state index contributed by atoms with van der Waals surface area (Å²) in [6.45, 7) is 0. The minimum absolute atomic E-state index is 0.0496. The highest BCUT2D eigenvalue weighted by molar-refractivity contribution is 5.86. The number of carbonyl (C=O) groups excluding carboxylic acids is 1. The molecule has 0 spiro atoms. The van der Waals surface area contributed by atoms with Crippen LogP contribution < -0.4 is 5.73 Å². The highest BCUT2D eigenvalue weighted by Gasteiger charge is 2.48. The number of Topliss-reactive ketones (excluding diaryl/α,β-unsaturated/α-hetero) is 1. The van der Waals surface area contributed by atoms with Crippen molar-refractivity contribution in [1.29, 1.82) is 0 Å². The van der Waals surface area contributed by atoms with Gasteiger partial charge in [-0.15, -0.1) is 0 Å². The third-order valence-corrected chi connectivity index (χ3v) is 4.35. The van der Waals surface area contributed by atoms with E-state index in [2.05, 4.69) is 0 Å². The monoisotopic (exact) mass is 269 g/mol. The average molecular weight is 269 g/mol. The zero-order chi connectivity index (χ0) is 13.8. The minimum Gasteiger partial charge on any atom is -0.399 e. The lowest BCUT2D eigenvalue weighted by molar-refractivity contribution is -0.176. The predicted molar refractivity (Wildman–Crippen MR) is 64.7 cm³/mol. The van der Waals surface area contributed by atoms with Gasteiger partial charge < -0.3 is 5.73 Å². The number of ketones is 1. The van der Waals surface area contributed by atoms with Crippen LogP contribution in [0.4, 0.5) is 18.9 Å². The van der Waals surface area contributed by atoms with E-state index in [1.54, 1.807) is 6.07 Å². The second-order valence-corrected chi connectivity index (χ2v) is 5.55. The number of alkyl halides is 3. The summed E-state index contributed by atoms with van der Waals surface area (Å²) < 4.78 is 37.6. The maximum absolute atomic E-state index is 12.5. The number of benzene rings is 1. The minimum atomic E-state index is -4.72. The van der Waals surface area contributed by atoms with Crippen LogP contribution in [-0.4, -0.2) is 12.0 Å². The Balaban J connectivity index is 1.89. The Kier molecular flexibility index (Phi) is 2.62.